The van der Waals surface area contributed by atoms with E-state index in [2.05, 4.69) is 6.58 Å². The Bertz CT molecular complexity index is 1090. The van der Waals surface area contributed by atoms with Crippen LogP contribution in [0.15, 0.2) is 59.9 Å². The molecule has 28 heavy (non-hydrogen) atoms. The monoisotopic (exact) mass is 379 g/mol. The Hall–Kier alpha value is -3.09. The van der Waals surface area contributed by atoms with Crippen LogP contribution >= 0.6 is 0 Å². The molecule has 0 N–H and O–H groups in total. The Kier molecular flexibility index (Phi) is 5.14. The van der Waals surface area contributed by atoms with Gasteiger partial charge >= 0.3 is 0 Å². The van der Waals surface area contributed by atoms with Gasteiger partial charge in [0.2, 0.25) is 6.79 Å². The second kappa shape index (κ2) is 7.88. The zero-order valence-electron chi connectivity index (χ0n) is 15.6. The van der Waals surface area contributed by atoms with Gasteiger partial charge in [-0.3, -0.25) is 4.79 Å². The molecule has 0 aliphatic carbocycles. The standard InChI is InChI=1S/C22H21NO5/c1-3-8-23-19(9-15-6-4-5-7-17(15)22(23)24)18-11-21-20(27-14-28-21)10-16(18)12-26-13-25-2/h3-7,9-11H,1,8,12-14H2,2H3. The largest absolute Gasteiger partial charge is 0.454 e. The summed E-state index contributed by atoms with van der Waals surface area (Å²) in [4.78, 5) is 13.1. The summed E-state index contributed by atoms with van der Waals surface area (Å²) in [5.74, 6) is 1.31. The van der Waals surface area contributed by atoms with Crippen molar-refractivity contribution in [2.45, 2.75) is 13.2 Å². The van der Waals surface area contributed by atoms with Gasteiger partial charge in [0.05, 0.1) is 12.3 Å². The average Bonchev–Trinajstić information content (AvgIpc) is 3.17. The molecule has 144 valence electrons. The number of hydrogen-bond donors (Lipinski definition) is 0. The molecule has 2 aromatic carbocycles. The molecule has 0 unspecified atom stereocenters. The van der Waals surface area contributed by atoms with Crippen molar-refractivity contribution >= 4 is 10.8 Å². The molecule has 0 fully saturated rings. The van der Waals surface area contributed by atoms with Gasteiger partial charge in [0.25, 0.3) is 5.56 Å². The zero-order valence-corrected chi connectivity index (χ0v) is 15.6. The maximum atomic E-state index is 13.1. The van der Waals surface area contributed by atoms with E-state index in [-0.39, 0.29) is 19.1 Å². The molecule has 0 saturated carbocycles. The lowest BCUT2D eigenvalue weighted by molar-refractivity contribution is -0.0389. The Morgan fingerprint density at radius 3 is 2.75 bits per heavy atom. The van der Waals surface area contributed by atoms with E-state index in [1.807, 2.05) is 42.5 Å². The Labute approximate surface area is 162 Å². The van der Waals surface area contributed by atoms with Gasteiger partial charge < -0.3 is 23.5 Å². The lowest BCUT2D eigenvalue weighted by Crippen LogP contribution is -2.21. The molecule has 0 amide bonds. The lowest BCUT2D eigenvalue weighted by Gasteiger charge is -2.17. The minimum atomic E-state index is -0.0607. The zero-order chi connectivity index (χ0) is 19.5. The van der Waals surface area contributed by atoms with E-state index in [1.165, 1.54) is 0 Å². The third kappa shape index (κ3) is 3.28. The highest BCUT2D eigenvalue weighted by Crippen LogP contribution is 2.39. The van der Waals surface area contributed by atoms with E-state index < -0.39 is 0 Å². The van der Waals surface area contributed by atoms with Crippen molar-refractivity contribution in [2.24, 2.45) is 0 Å². The van der Waals surface area contributed by atoms with Crippen LogP contribution in [-0.2, 0) is 22.6 Å². The molecule has 0 atom stereocenters. The molecular formula is C22H21NO5. The van der Waals surface area contributed by atoms with Crippen molar-refractivity contribution in [3.05, 3.63) is 71.0 Å². The molecule has 6 heteroatoms. The normalized spacial score (nSPS) is 12.5. The summed E-state index contributed by atoms with van der Waals surface area (Å²) in [6.07, 6.45) is 1.72. The van der Waals surface area contributed by atoms with Gasteiger partial charge in [0.15, 0.2) is 11.5 Å². The Balaban J connectivity index is 1.94. The number of pyridine rings is 1. The van der Waals surface area contributed by atoms with Crippen molar-refractivity contribution in [2.75, 3.05) is 20.7 Å². The van der Waals surface area contributed by atoms with Crippen LogP contribution in [-0.4, -0.2) is 25.3 Å². The van der Waals surface area contributed by atoms with Gasteiger partial charge in [-0.05, 0) is 35.2 Å². The maximum absolute atomic E-state index is 13.1. The number of benzene rings is 2. The molecule has 1 aliphatic rings. The average molecular weight is 379 g/mol. The van der Waals surface area contributed by atoms with E-state index in [0.717, 1.165) is 22.2 Å². The van der Waals surface area contributed by atoms with Crippen molar-refractivity contribution in [3.63, 3.8) is 0 Å². The highest BCUT2D eigenvalue weighted by atomic mass is 16.7. The third-order valence-corrected chi connectivity index (χ3v) is 4.66. The fourth-order valence-corrected chi connectivity index (χ4v) is 3.41. The molecular weight excluding hydrogens is 358 g/mol. The third-order valence-electron chi connectivity index (χ3n) is 4.66. The van der Waals surface area contributed by atoms with E-state index in [0.29, 0.717) is 30.0 Å². The predicted molar refractivity (Wildman–Crippen MR) is 107 cm³/mol. The second-order valence-electron chi connectivity index (χ2n) is 6.44. The van der Waals surface area contributed by atoms with Gasteiger partial charge in [0.1, 0.15) is 6.79 Å². The summed E-state index contributed by atoms with van der Waals surface area (Å²) >= 11 is 0. The molecule has 6 nitrogen and oxygen atoms in total. The summed E-state index contributed by atoms with van der Waals surface area (Å²) in [6.45, 7) is 4.86. The molecule has 0 spiro atoms. The maximum Gasteiger partial charge on any atom is 0.259 e. The number of methoxy groups -OCH3 is 1. The number of nitrogens with zero attached hydrogens (tertiary/aromatic N) is 1. The topological polar surface area (TPSA) is 58.9 Å². The summed E-state index contributed by atoms with van der Waals surface area (Å²) in [5, 5.41) is 1.55. The van der Waals surface area contributed by atoms with Crippen molar-refractivity contribution in [1.29, 1.82) is 0 Å². The smallest absolute Gasteiger partial charge is 0.259 e. The first-order valence-corrected chi connectivity index (χ1v) is 8.96. The van der Waals surface area contributed by atoms with Crippen LogP contribution in [0.5, 0.6) is 11.5 Å². The first-order valence-electron chi connectivity index (χ1n) is 8.96. The van der Waals surface area contributed by atoms with Crippen LogP contribution in [0.2, 0.25) is 0 Å². The Morgan fingerprint density at radius 1 is 1.18 bits per heavy atom. The van der Waals surface area contributed by atoms with E-state index in [1.54, 1.807) is 17.8 Å². The van der Waals surface area contributed by atoms with Gasteiger partial charge in [-0.15, -0.1) is 6.58 Å². The predicted octanol–water partition coefficient (Wildman–Crippen LogP) is 3.70. The number of ether oxygens (including phenoxy) is 4. The van der Waals surface area contributed by atoms with Crippen LogP contribution in [0, 0.1) is 0 Å². The van der Waals surface area contributed by atoms with Crippen LogP contribution in [0.25, 0.3) is 22.0 Å². The SMILES string of the molecule is C=CCn1c(-c2cc3c(cc2COCOC)OCO3)cc2ccccc2c1=O. The first kappa shape index (κ1) is 18.3. The molecule has 0 saturated heterocycles. The van der Waals surface area contributed by atoms with Crippen molar-refractivity contribution in [3.8, 4) is 22.8 Å². The molecule has 0 bridgehead atoms. The van der Waals surface area contributed by atoms with Crippen molar-refractivity contribution < 1.29 is 18.9 Å². The highest BCUT2D eigenvalue weighted by molar-refractivity contribution is 5.86. The molecule has 2 heterocycles. The second-order valence-corrected chi connectivity index (χ2v) is 6.44. The number of allylic oxidation sites excluding steroid dienone is 1. The molecule has 0 radical (unpaired) electrons. The van der Waals surface area contributed by atoms with E-state index in [4.69, 9.17) is 18.9 Å². The fraction of sp³-hybridized carbons (Fsp3) is 0.227. The number of aromatic nitrogens is 1. The van der Waals surface area contributed by atoms with Crippen LogP contribution in [0.3, 0.4) is 0 Å². The van der Waals surface area contributed by atoms with Crippen LogP contribution in [0.1, 0.15) is 5.56 Å². The summed E-state index contributed by atoms with van der Waals surface area (Å²) in [5.41, 5.74) is 2.45. The molecule has 1 aliphatic heterocycles. The minimum absolute atomic E-state index is 0.0607. The van der Waals surface area contributed by atoms with Gasteiger partial charge in [0, 0.05) is 24.6 Å². The highest BCUT2D eigenvalue weighted by Gasteiger charge is 2.21. The fourth-order valence-electron chi connectivity index (χ4n) is 3.41. The van der Waals surface area contributed by atoms with E-state index >= 15 is 0 Å². The quantitative estimate of drug-likeness (QED) is 0.356. The first-order chi connectivity index (χ1) is 13.7. The van der Waals surface area contributed by atoms with Gasteiger partial charge in [-0.2, -0.15) is 0 Å². The van der Waals surface area contributed by atoms with Gasteiger partial charge in [-0.25, -0.2) is 0 Å². The molecule has 4 rings (SSSR count). The summed E-state index contributed by atoms with van der Waals surface area (Å²) in [7, 11) is 1.58. The number of hydrogen-bond acceptors (Lipinski definition) is 5. The summed E-state index contributed by atoms with van der Waals surface area (Å²) in [6, 6.07) is 13.4. The Morgan fingerprint density at radius 2 is 1.96 bits per heavy atom. The van der Waals surface area contributed by atoms with Crippen LogP contribution in [0.4, 0.5) is 0 Å². The van der Waals surface area contributed by atoms with E-state index in [9.17, 15) is 4.79 Å². The lowest BCUT2D eigenvalue weighted by atomic mass is 10.0. The number of rotatable bonds is 7. The molecule has 3 aromatic rings. The van der Waals surface area contributed by atoms with Crippen molar-refractivity contribution in [1.82, 2.24) is 4.57 Å². The number of fused-ring (bicyclic) bond motifs is 2. The van der Waals surface area contributed by atoms with Crippen LogP contribution < -0.4 is 15.0 Å². The van der Waals surface area contributed by atoms with Gasteiger partial charge in [-0.1, -0.05) is 24.3 Å². The minimum Gasteiger partial charge on any atom is -0.454 e. The molecule has 1 aromatic heterocycles. The summed E-state index contributed by atoms with van der Waals surface area (Å²) < 4.78 is 23.4.